The van der Waals surface area contributed by atoms with Gasteiger partial charge < -0.3 is 72.6 Å². The third kappa shape index (κ3) is 15.4. The summed E-state index contributed by atoms with van der Waals surface area (Å²) in [6, 6.07) is 6.31. The lowest BCUT2D eigenvalue weighted by molar-refractivity contribution is -0.305. The van der Waals surface area contributed by atoms with Gasteiger partial charge in [0, 0.05) is 58.2 Å². The molecule has 3 fully saturated rings. The van der Waals surface area contributed by atoms with Crippen molar-refractivity contribution in [2.45, 2.75) is 134 Å². The number of hydrogen-bond donors (Lipinski definition) is 3. The number of amides is 1. The normalized spacial score (nSPS) is 37.6. The second-order valence-corrected chi connectivity index (χ2v) is 19.2. The van der Waals surface area contributed by atoms with Gasteiger partial charge in [-0.3, -0.25) is 14.4 Å². The number of esters is 1. The van der Waals surface area contributed by atoms with Crippen LogP contribution in [0, 0.1) is 23.7 Å². The van der Waals surface area contributed by atoms with E-state index in [4.69, 9.17) is 47.5 Å². The van der Waals surface area contributed by atoms with Crippen LogP contribution in [0.15, 0.2) is 53.2 Å². The molecule has 4 aliphatic rings. The highest BCUT2D eigenvalue weighted by atomic mass is 16.7. The lowest BCUT2D eigenvalue weighted by atomic mass is 9.79. The highest BCUT2D eigenvalue weighted by molar-refractivity contribution is 5.94. The van der Waals surface area contributed by atoms with Crippen molar-refractivity contribution in [3.8, 4) is 0 Å². The van der Waals surface area contributed by atoms with Crippen molar-refractivity contribution in [1.82, 2.24) is 9.80 Å². The van der Waals surface area contributed by atoms with E-state index < -0.39 is 97.3 Å². The minimum Gasteiger partial charge on any atom is -0.465 e. The number of carbonyl (C=O) groups excluding carboxylic acids is 3. The predicted molar refractivity (Wildman–Crippen MR) is 252 cm³/mol. The van der Waals surface area contributed by atoms with E-state index in [1.807, 2.05) is 26.8 Å². The number of rotatable bonds is 12. The van der Waals surface area contributed by atoms with Gasteiger partial charge >= 0.3 is 5.97 Å². The first-order valence-electron chi connectivity index (χ1n) is 23.9. The number of ether oxygens (including phenoxy) is 9. The third-order valence-corrected chi connectivity index (χ3v) is 13.4. The molecular weight excluding hydrogens is 899 g/mol. The smallest absolute Gasteiger partial charge is 0.308 e. The van der Waals surface area contributed by atoms with Crippen molar-refractivity contribution in [2.75, 3.05) is 75.4 Å². The van der Waals surface area contributed by atoms with E-state index in [1.165, 1.54) is 25.2 Å². The summed E-state index contributed by atoms with van der Waals surface area (Å²) in [4.78, 5) is 49.5. The van der Waals surface area contributed by atoms with Crippen LogP contribution >= 0.6 is 0 Å². The van der Waals surface area contributed by atoms with Gasteiger partial charge in [0.15, 0.2) is 18.4 Å². The Morgan fingerprint density at radius 3 is 2.20 bits per heavy atom. The molecule has 0 saturated carbocycles. The molecule has 1 amide bonds. The maximum Gasteiger partial charge on any atom is 0.308 e. The van der Waals surface area contributed by atoms with Crippen molar-refractivity contribution in [2.24, 2.45) is 28.8 Å². The molecule has 2 bridgehead atoms. The van der Waals surface area contributed by atoms with Crippen molar-refractivity contribution in [1.29, 1.82) is 0 Å². The van der Waals surface area contributed by atoms with Crippen LogP contribution in [-0.2, 0) is 63.7 Å². The Hall–Kier alpha value is -3.70. The van der Waals surface area contributed by atoms with Crippen molar-refractivity contribution in [3.05, 3.63) is 59.2 Å². The van der Waals surface area contributed by atoms with Gasteiger partial charge in [-0.05, 0) is 77.4 Å². The Balaban J connectivity index is 1.46. The van der Waals surface area contributed by atoms with E-state index in [2.05, 4.69) is 5.16 Å². The first kappa shape index (κ1) is 56.2. The number of benzene rings is 1. The fourth-order valence-corrected chi connectivity index (χ4v) is 9.30. The second-order valence-electron chi connectivity index (χ2n) is 19.2. The maximum absolute atomic E-state index is 14.1. The lowest BCUT2D eigenvalue weighted by Gasteiger charge is -2.47. The van der Waals surface area contributed by atoms with Crippen LogP contribution in [0.1, 0.15) is 69.8 Å². The molecule has 388 valence electrons. The second kappa shape index (κ2) is 26.7. The highest BCUT2D eigenvalue weighted by Gasteiger charge is 2.48. The van der Waals surface area contributed by atoms with Gasteiger partial charge in [-0.15, -0.1) is 0 Å². The Morgan fingerprint density at radius 1 is 0.855 bits per heavy atom. The summed E-state index contributed by atoms with van der Waals surface area (Å²) in [5.41, 5.74) is 2.46. The van der Waals surface area contributed by atoms with Gasteiger partial charge in [0.25, 0.3) is 5.91 Å². The Kier molecular flexibility index (Phi) is 21.7. The fraction of sp³-hybridized carbons (Fsp3) is 0.720. The van der Waals surface area contributed by atoms with E-state index in [-0.39, 0.29) is 63.7 Å². The van der Waals surface area contributed by atoms with Crippen LogP contribution in [0.25, 0.3) is 0 Å². The number of methoxy groups -OCH3 is 2. The average Bonchev–Trinajstić information content (AvgIpc) is 3.33. The quantitative estimate of drug-likeness (QED) is 0.202. The van der Waals surface area contributed by atoms with Crippen LogP contribution in [0.3, 0.4) is 0 Å². The summed E-state index contributed by atoms with van der Waals surface area (Å²) in [6.45, 7) is 9.19. The molecule has 1 aromatic rings. The molecule has 1 unspecified atom stereocenters. The zero-order valence-electron chi connectivity index (χ0n) is 42.1. The molecule has 0 aromatic heterocycles. The number of oxime groups is 1. The number of cyclic esters (lactones) is 1. The van der Waals surface area contributed by atoms with E-state index >= 15 is 0 Å². The maximum atomic E-state index is 14.1. The largest absolute Gasteiger partial charge is 0.465 e. The van der Waals surface area contributed by atoms with Crippen LogP contribution in [0.4, 0.5) is 0 Å². The van der Waals surface area contributed by atoms with E-state index in [0.29, 0.717) is 24.1 Å². The fourth-order valence-electron chi connectivity index (χ4n) is 9.30. The molecule has 19 heteroatoms. The van der Waals surface area contributed by atoms with Crippen LogP contribution < -0.4 is 0 Å². The molecule has 3 N–H and O–H groups in total. The number of carbonyl (C=O) groups is 3. The standard InChI is InChI=1S/C50H77N3O16/c1-28-12-17-38(54)29(2)21-36-18-19-62-26-37(51-66-25-33-13-15-35(16-14-33)48(59)53(8)9)27-63-39(30(3)45(36)69-49-44(58)41(52(6)7)42(56)31(4)67-49)22-40(55)64-23-34(20-28)24-65-50-47(61-11)46(60-10)43(57)32(5)68-50/h12-17,20,29-32,34,36,39,41-47,49-50,56-58H,18-19,21-27H2,1-11H3/b17-12+,28-20+,51-37+/t29-,30+,31-,32-,34+,36?,39-,41+,42-,43-,44-,45-,46-,47-,49+,50-/m1/s1. The predicted octanol–water partition coefficient (Wildman–Crippen LogP) is 2.91. The van der Waals surface area contributed by atoms with Gasteiger partial charge in [0.2, 0.25) is 0 Å². The average molecular weight is 976 g/mol. The number of aliphatic hydroxyl groups is 3. The number of allylic oxidation sites excluding steroid dienone is 3. The highest BCUT2D eigenvalue weighted by Crippen LogP contribution is 2.36. The molecule has 4 aliphatic heterocycles. The van der Waals surface area contributed by atoms with Crippen molar-refractivity contribution in [3.63, 3.8) is 0 Å². The zero-order chi connectivity index (χ0) is 50.5. The molecule has 4 heterocycles. The molecule has 0 radical (unpaired) electrons. The molecule has 5 rings (SSSR count). The Morgan fingerprint density at radius 2 is 1.54 bits per heavy atom. The van der Waals surface area contributed by atoms with E-state index in [1.54, 1.807) is 77.3 Å². The van der Waals surface area contributed by atoms with Crippen molar-refractivity contribution < 1.29 is 77.2 Å². The van der Waals surface area contributed by atoms with E-state index in [9.17, 15) is 29.7 Å². The van der Waals surface area contributed by atoms with Crippen LogP contribution in [0.5, 0.6) is 0 Å². The summed E-state index contributed by atoms with van der Waals surface area (Å²) in [7, 11) is 9.85. The number of likely N-dealkylation sites (N-methyl/N-ethyl adjacent to an activating group) is 1. The van der Waals surface area contributed by atoms with Crippen LogP contribution in [0.2, 0.25) is 0 Å². The Bertz CT molecular complexity index is 1890. The summed E-state index contributed by atoms with van der Waals surface area (Å²) >= 11 is 0. The van der Waals surface area contributed by atoms with E-state index in [0.717, 1.165) is 11.1 Å². The number of fused-ring (bicyclic) bond motifs is 3. The molecule has 69 heavy (non-hydrogen) atoms. The first-order valence-corrected chi connectivity index (χ1v) is 23.9. The monoisotopic (exact) mass is 976 g/mol. The molecule has 3 saturated heterocycles. The van der Waals surface area contributed by atoms with Crippen molar-refractivity contribution >= 4 is 23.4 Å². The minimum absolute atomic E-state index is 0.0173. The molecule has 16 atom stereocenters. The molecular formula is C50H77N3O16. The minimum atomic E-state index is -1.26. The van der Waals surface area contributed by atoms with Gasteiger partial charge in [-0.2, -0.15) is 0 Å². The third-order valence-electron chi connectivity index (χ3n) is 13.4. The lowest BCUT2D eigenvalue weighted by Crippen LogP contribution is -2.63. The number of nitrogens with zero attached hydrogens (tertiary/aromatic N) is 3. The van der Waals surface area contributed by atoms with Crippen LogP contribution in [-0.4, -0.2) is 197 Å². The first-order chi connectivity index (χ1) is 32.8. The van der Waals surface area contributed by atoms with Gasteiger partial charge in [0.05, 0.1) is 69.4 Å². The summed E-state index contributed by atoms with van der Waals surface area (Å²) in [5, 5.41) is 37.8. The summed E-state index contributed by atoms with van der Waals surface area (Å²) in [5.74, 6) is -2.79. The number of aliphatic hydroxyl groups excluding tert-OH is 3. The zero-order valence-corrected chi connectivity index (χ0v) is 42.1. The number of hydrogen-bond acceptors (Lipinski definition) is 18. The summed E-state index contributed by atoms with van der Waals surface area (Å²) in [6.07, 6.45) is -4.12. The van der Waals surface area contributed by atoms with Gasteiger partial charge in [-0.1, -0.05) is 48.9 Å². The SMILES string of the molecule is CO[C@@H]1[C@H](O)[C@@H](C)O[C@@H](OC[C@H]2/C=C(C)/C=C/C(=O)[C@H](C)CC3CCOC/C(=N\OCc4ccc(C(=O)N(C)C)cc4)CO[C@H](CC(=O)OC2)[C@H](C)[C@H]3O[C@@H]2O[C@H](C)[C@@H](O)[C@H](N(C)C)[C@H]2O)[C@@H]1OC. The topological polar surface area (TPSA) is 223 Å². The Labute approximate surface area is 406 Å². The van der Waals surface area contributed by atoms with Gasteiger partial charge in [-0.25, -0.2) is 0 Å². The number of ketones is 1. The summed E-state index contributed by atoms with van der Waals surface area (Å²) < 4.78 is 55.3. The molecule has 1 aromatic carbocycles. The molecule has 0 aliphatic carbocycles. The molecule has 19 nitrogen and oxygen atoms in total. The van der Waals surface area contributed by atoms with Gasteiger partial charge in [0.1, 0.15) is 36.7 Å². The molecule has 0 spiro atoms.